The number of fused-ring (bicyclic) bond motifs is 1. The minimum Gasteiger partial charge on any atom is -0.351 e. The number of para-hydroxylation sites is 1. The Kier molecular flexibility index (Phi) is 5.73. The molecule has 0 saturated heterocycles. The molecule has 1 aromatic carbocycles. The molecule has 1 N–H and O–H groups in total. The minimum absolute atomic E-state index is 0.0724. The zero-order valence-corrected chi connectivity index (χ0v) is 13.3. The fraction of sp³-hybridized carbons (Fsp3) is 0.562. The van der Waals surface area contributed by atoms with E-state index in [2.05, 4.69) is 22.5 Å². The van der Waals surface area contributed by atoms with E-state index in [0.717, 1.165) is 17.6 Å². The highest BCUT2D eigenvalue weighted by Crippen LogP contribution is 2.20. The molecule has 0 radical (unpaired) electrons. The average Bonchev–Trinajstić information content (AvgIpc) is 2.81. The summed E-state index contributed by atoms with van der Waals surface area (Å²) in [6.07, 6.45) is 0.508. The lowest BCUT2D eigenvalue weighted by atomic mass is 10.1. The summed E-state index contributed by atoms with van der Waals surface area (Å²) < 4.78 is 13.3. The van der Waals surface area contributed by atoms with Gasteiger partial charge in [0.05, 0.1) is 17.3 Å². The molecule has 5 nitrogen and oxygen atoms in total. The summed E-state index contributed by atoms with van der Waals surface area (Å²) in [5, 5.41) is 9.13. The molecule has 0 amide bonds. The van der Waals surface area contributed by atoms with Crippen molar-refractivity contribution >= 4 is 10.9 Å². The van der Waals surface area contributed by atoms with Crippen molar-refractivity contribution in [2.24, 2.45) is 7.05 Å². The monoisotopic (exact) mass is 291 g/mol. The molecule has 21 heavy (non-hydrogen) atoms. The van der Waals surface area contributed by atoms with Gasteiger partial charge in [-0.3, -0.25) is 4.68 Å². The van der Waals surface area contributed by atoms with E-state index >= 15 is 0 Å². The molecular weight excluding hydrogens is 266 g/mol. The van der Waals surface area contributed by atoms with Crippen LogP contribution in [0.25, 0.3) is 10.9 Å². The molecule has 0 fully saturated rings. The number of benzene rings is 1. The van der Waals surface area contributed by atoms with E-state index < -0.39 is 0 Å². The molecule has 5 heteroatoms. The number of ether oxygens (including phenoxy) is 2. The van der Waals surface area contributed by atoms with Gasteiger partial charge in [0.15, 0.2) is 6.29 Å². The summed E-state index contributed by atoms with van der Waals surface area (Å²) >= 11 is 0. The standard InChI is InChI=1S/C16H25N3O2/c1-5-20-16(21-6-2)14(17-3)11-13-12-9-7-8-10-15(12)19(4)18-13/h7-10,14,16-17H,5-6,11H2,1-4H3. The van der Waals surface area contributed by atoms with Crippen LogP contribution in [0.4, 0.5) is 0 Å². The van der Waals surface area contributed by atoms with E-state index in [4.69, 9.17) is 9.47 Å². The van der Waals surface area contributed by atoms with E-state index in [1.165, 1.54) is 5.39 Å². The maximum absolute atomic E-state index is 5.71. The summed E-state index contributed by atoms with van der Waals surface area (Å²) in [5.41, 5.74) is 2.21. The van der Waals surface area contributed by atoms with Crippen LogP contribution in [0.3, 0.4) is 0 Å². The number of rotatable bonds is 8. The van der Waals surface area contributed by atoms with E-state index in [-0.39, 0.29) is 12.3 Å². The maximum Gasteiger partial charge on any atom is 0.173 e. The molecule has 0 spiro atoms. The van der Waals surface area contributed by atoms with Crippen LogP contribution in [-0.2, 0) is 22.9 Å². The molecule has 0 saturated carbocycles. The zero-order chi connectivity index (χ0) is 15.2. The molecule has 1 aromatic heterocycles. The average molecular weight is 291 g/mol. The van der Waals surface area contributed by atoms with Gasteiger partial charge in [-0.25, -0.2) is 0 Å². The number of hydrogen-bond donors (Lipinski definition) is 1. The van der Waals surface area contributed by atoms with Crippen LogP contribution in [0.1, 0.15) is 19.5 Å². The first-order chi connectivity index (χ1) is 10.2. The van der Waals surface area contributed by atoms with Gasteiger partial charge in [-0.15, -0.1) is 0 Å². The summed E-state index contributed by atoms with van der Waals surface area (Å²) in [4.78, 5) is 0. The first kappa shape index (κ1) is 15.9. The maximum atomic E-state index is 5.71. The van der Waals surface area contributed by atoms with Crippen LogP contribution in [0, 0.1) is 0 Å². The van der Waals surface area contributed by atoms with Crippen molar-refractivity contribution in [3.05, 3.63) is 30.0 Å². The van der Waals surface area contributed by atoms with E-state index in [1.807, 2.05) is 44.8 Å². The second kappa shape index (κ2) is 7.54. The van der Waals surface area contributed by atoms with Gasteiger partial charge >= 0.3 is 0 Å². The number of nitrogens with one attached hydrogen (secondary N) is 1. The van der Waals surface area contributed by atoms with Gasteiger partial charge in [-0.05, 0) is 27.0 Å². The molecule has 0 bridgehead atoms. The molecule has 1 atom stereocenters. The molecule has 1 heterocycles. The summed E-state index contributed by atoms with van der Waals surface area (Å²) in [7, 11) is 3.91. The Morgan fingerprint density at radius 3 is 2.48 bits per heavy atom. The van der Waals surface area contributed by atoms with Gasteiger partial charge in [0.1, 0.15) is 0 Å². The smallest absolute Gasteiger partial charge is 0.173 e. The molecule has 116 valence electrons. The van der Waals surface area contributed by atoms with Crippen molar-refractivity contribution in [1.29, 1.82) is 0 Å². The van der Waals surface area contributed by atoms with Crippen molar-refractivity contribution in [3.63, 3.8) is 0 Å². The third-order valence-corrected chi connectivity index (χ3v) is 3.61. The van der Waals surface area contributed by atoms with E-state index in [9.17, 15) is 0 Å². The lowest BCUT2D eigenvalue weighted by Crippen LogP contribution is -2.43. The lowest BCUT2D eigenvalue weighted by Gasteiger charge is -2.26. The molecule has 0 aliphatic carbocycles. The third-order valence-electron chi connectivity index (χ3n) is 3.61. The van der Waals surface area contributed by atoms with Crippen molar-refractivity contribution < 1.29 is 9.47 Å². The Balaban J connectivity index is 2.23. The minimum atomic E-state index is -0.259. The number of likely N-dealkylation sites (N-methyl/N-ethyl adjacent to an activating group) is 1. The van der Waals surface area contributed by atoms with Crippen LogP contribution in [0.2, 0.25) is 0 Å². The van der Waals surface area contributed by atoms with Crippen LogP contribution in [0.5, 0.6) is 0 Å². The van der Waals surface area contributed by atoms with Gasteiger partial charge in [0.25, 0.3) is 0 Å². The predicted molar refractivity (Wildman–Crippen MR) is 84.3 cm³/mol. The second-order valence-corrected chi connectivity index (χ2v) is 4.97. The molecular formula is C16H25N3O2. The van der Waals surface area contributed by atoms with Gasteiger partial charge in [-0.2, -0.15) is 5.10 Å². The van der Waals surface area contributed by atoms with Gasteiger partial charge in [-0.1, -0.05) is 18.2 Å². The molecule has 0 aliphatic heterocycles. The fourth-order valence-electron chi connectivity index (χ4n) is 2.59. The fourth-order valence-corrected chi connectivity index (χ4v) is 2.59. The molecule has 2 rings (SSSR count). The van der Waals surface area contributed by atoms with Crippen LogP contribution < -0.4 is 5.32 Å². The molecule has 0 aliphatic rings. The highest BCUT2D eigenvalue weighted by Gasteiger charge is 2.23. The van der Waals surface area contributed by atoms with Crippen molar-refractivity contribution in [1.82, 2.24) is 15.1 Å². The SMILES string of the molecule is CCOC(OCC)C(Cc1nn(C)c2ccccc12)NC. The highest BCUT2D eigenvalue weighted by atomic mass is 16.7. The second-order valence-electron chi connectivity index (χ2n) is 4.97. The van der Waals surface area contributed by atoms with Crippen molar-refractivity contribution in [3.8, 4) is 0 Å². The number of aryl methyl sites for hydroxylation is 1. The summed E-state index contributed by atoms with van der Waals surface area (Å²) in [6, 6.07) is 8.35. The highest BCUT2D eigenvalue weighted by molar-refractivity contribution is 5.81. The topological polar surface area (TPSA) is 48.3 Å². The Morgan fingerprint density at radius 2 is 1.86 bits per heavy atom. The first-order valence-corrected chi connectivity index (χ1v) is 7.52. The van der Waals surface area contributed by atoms with Gasteiger partial charge < -0.3 is 14.8 Å². The Morgan fingerprint density at radius 1 is 1.19 bits per heavy atom. The largest absolute Gasteiger partial charge is 0.351 e. The van der Waals surface area contributed by atoms with Crippen LogP contribution in [0.15, 0.2) is 24.3 Å². The van der Waals surface area contributed by atoms with Crippen molar-refractivity contribution in [2.75, 3.05) is 20.3 Å². The lowest BCUT2D eigenvalue weighted by molar-refractivity contribution is -0.152. The predicted octanol–water partition coefficient (Wildman–Crippen LogP) is 2.10. The number of hydrogen-bond acceptors (Lipinski definition) is 4. The van der Waals surface area contributed by atoms with Crippen LogP contribution >= 0.6 is 0 Å². The Hall–Kier alpha value is -1.43. The van der Waals surface area contributed by atoms with Crippen LogP contribution in [-0.4, -0.2) is 42.4 Å². The summed E-state index contributed by atoms with van der Waals surface area (Å²) in [6.45, 7) is 5.22. The van der Waals surface area contributed by atoms with E-state index in [1.54, 1.807) is 0 Å². The van der Waals surface area contributed by atoms with Crippen molar-refractivity contribution in [2.45, 2.75) is 32.6 Å². The third kappa shape index (κ3) is 3.61. The number of aromatic nitrogens is 2. The normalized spacial score (nSPS) is 13.2. The van der Waals surface area contributed by atoms with Gasteiger partial charge in [0, 0.05) is 32.1 Å². The first-order valence-electron chi connectivity index (χ1n) is 7.52. The molecule has 2 aromatic rings. The van der Waals surface area contributed by atoms with E-state index in [0.29, 0.717) is 13.2 Å². The summed E-state index contributed by atoms with van der Waals surface area (Å²) in [5.74, 6) is 0. The Labute approximate surface area is 126 Å². The Bertz CT molecular complexity index is 562. The molecule has 1 unspecified atom stereocenters. The number of nitrogens with zero attached hydrogens (tertiary/aromatic N) is 2. The quantitative estimate of drug-likeness (QED) is 0.757. The zero-order valence-electron chi connectivity index (χ0n) is 13.3. The van der Waals surface area contributed by atoms with Gasteiger partial charge in [0.2, 0.25) is 0 Å².